The zero-order valence-electron chi connectivity index (χ0n) is 8.29. The number of anilines is 1. The van der Waals surface area contributed by atoms with E-state index in [0.717, 1.165) is 11.4 Å². The Kier molecular flexibility index (Phi) is 2.78. The van der Waals surface area contributed by atoms with Gasteiger partial charge in [-0.1, -0.05) is 0 Å². The van der Waals surface area contributed by atoms with E-state index in [1.165, 1.54) is 0 Å². The molecule has 0 bridgehead atoms. The van der Waals surface area contributed by atoms with Crippen LogP contribution in [0.5, 0.6) is 5.75 Å². The lowest BCUT2D eigenvalue weighted by atomic mass is 10.2. The summed E-state index contributed by atoms with van der Waals surface area (Å²) in [5, 5.41) is 0. The van der Waals surface area contributed by atoms with Gasteiger partial charge in [0.1, 0.15) is 11.4 Å². The van der Waals surface area contributed by atoms with Crippen molar-refractivity contribution in [1.82, 2.24) is 0 Å². The van der Waals surface area contributed by atoms with Crippen LogP contribution >= 0.6 is 0 Å². The van der Waals surface area contributed by atoms with E-state index in [1.807, 2.05) is 45.0 Å². The number of rotatable bonds is 2. The van der Waals surface area contributed by atoms with Gasteiger partial charge in [-0.05, 0) is 45.0 Å². The number of hydrogen-bond donors (Lipinski definition) is 2. The number of nitrogen functional groups attached to an aromatic ring is 1. The monoisotopic (exact) mass is 180 g/mol. The molecule has 72 valence electrons. The fourth-order valence-corrected chi connectivity index (χ4v) is 0.973. The third-order valence-electron chi connectivity index (χ3n) is 1.45. The fourth-order valence-electron chi connectivity index (χ4n) is 0.973. The normalized spacial score (nSPS) is 11.1. The Labute approximate surface area is 78.9 Å². The smallest absolute Gasteiger partial charge is 0.120 e. The highest BCUT2D eigenvalue weighted by atomic mass is 16.5. The second kappa shape index (κ2) is 3.66. The quantitative estimate of drug-likeness (QED) is 0.541. The second-order valence-corrected chi connectivity index (χ2v) is 3.88. The van der Waals surface area contributed by atoms with E-state index in [1.54, 1.807) is 0 Å². The van der Waals surface area contributed by atoms with Crippen molar-refractivity contribution < 1.29 is 4.74 Å². The van der Waals surface area contributed by atoms with Crippen molar-refractivity contribution in [3.8, 4) is 5.75 Å². The van der Waals surface area contributed by atoms with Crippen molar-refractivity contribution >= 4 is 5.69 Å². The van der Waals surface area contributed by atoms with E-state index in [-0.39, 0.29) is 5.60 Å². The van der Waals surface area contributed by atoms with Gasteiger partial charge in [0.2, 0.25) is 0 Å². The first-order valence-electron chi connectivity index (χ1n) is 4.27. The van der Waals surface area contributed by atoms with Gasteiger partial charge < -0.3 is 10.2 Å². The molecule has 0 saturated heterocycles. The van der Waals surface area contributed by atoms with Crippen molar-refractivity contribution in [3.63, 3.8) is 0 Å². The Bertz CT molecular complexity index is 261. The molecule has 0 aliphatic carbocycles. The topological polar surface area (TPSA) is 47.3 Å². The average molecular weight is 180 g/mol. The van der Waals surface area contributed by atoms with Crippen molar-refractivity contribution in [3.05, 3.63) is 24.3 Å². The molecule has 3 N–H and O–H groups in total. The molecule has 0 unspecified atom stereocenters. The molecule has 1 rings (SSSR count). The molecule has 0 fully saturated rings. The maximum absolute atomic E-state index is 5.63. The standard InChI is InChI=1S/C10H16N2O/c1-10(2,3)13-9-6-4-8(12-11)5-7-9/h4-7,12H,11H2,1-3H3. The first-order chi connectivity index (χ1) is 6.01. The summed E-state index contributed by atoms with van der Waals surface area (Å²) in [5.41, 5.74) is 3.28. The average Bonchev–Trinajstić information content (AvgIpc) is 2.03. The highest BCUT2D eigenvalue weighted by Gasteiger charge is 2.10. The molecule has 0 radical (unpaired) electrons. The van der Waals surface area contributed by atoms with E-state index in [9.17, 15) is 0 Å². The zero-order chi connectivity index (χ0) is 9.90. The maximum Gasteiger partial charge on any atom is 0.120 e. The third-order valence-corrected chi connectivity index (χ3v) is 1.45. The lowest BCUT2D eigenvalue weighted by Crippen LogP contribution is -2.22. The predicted octanol–water partition coefficient (Wildman–Crippen LogP) is 2.15. The van der Waals surface area contributed by atoms with Gasteiger partial charge in [-0.25, -0.2) is 0 Å². The molecule has 3 heteroatoms. The van der Waals surface area contributed by atoms with E-state index < -0.39 is 0 Å². The van der Waals surface area contributed by atoms with Crippen LogP contribution in [0.3, 0.4) is 0 Å². The summed E-state index contributed by atoms with van der Waals surface area (Å²) in [6.07, 6.45) is 0. The number of hydrazine groups is 1. The van der Waals surface area contributed by atoms with E-state index in [4.69, 9.17) is 10.6 Å². The third kappa shape index (κ3) is 3.34. The predicted molar refractivity (Wildman–Crippen MR) is 54.6 cm³/mol. The fraction of sp³-hybridized carbons (Fsp3) is 0.400. The molecule has 3 nitrogen and oxygen atoms in total. The van der Waals surface area contributed by atoms with Gasteiger partial charge in [-0.2, -0.15) is 0 Å². The van der Waals surface area contributed by atoms with Crippen LogP contribution < -0.4 is 16.0 Å². The number of hydrogen-bond acceptors (Lipinski definition) is 3. The Hall–Kier alpha value is -1.22. The Morgan fingerprint density at radius 2 is 1.69 bits per heavy atom. The van der Waals surface area contributed by atoms with E-state index >= 15 is 0 Å². The largest absolute Gasteiger partial charge is 0.488 e. The molecular weight excluding hydrogens is 164 g/mol. The highest BCUT2D eigenvalue weighted by molar-refractivity contribution is 5.45. The van der Waals surface area contributed by atoms with Crippen molar-refractivity contribution in [2.45, 2.75) is 26.4 Å². The summed E-state index contributed by atoms with van der Waals surface area (Å²) < 4.78 is 5.63. The van der Waals surface area contributed by atoms with Crippen LogP contribution in [0.1, 0.15) is 20.8 Å². The first kappa shape index (κ1) is 9.86. The van der Waals surface area contributed by atoms with Crippen molar-refractivity contribution in [2.75, 3.05) is 5.43 Å². The minimum absolute atomic E-state index is 0.155. The molecular formula is C10H16N2O. The molecule has 13 heavy (non-hydrogen) atoms. The van der Waals surface area contributed by atoms with Crippen LogP contribution in [-0.2, 0) is 0 Å². The Balaban J connectivity index is 2.70. The molecule has 0 saturated carbocycles. The minimum atomic E-state index is -0.155. The lowest BCUT2D eigenvalue weighted by molar-refractivity contribution is 0.131. The molecule has 1 aromatic carbocycles. The van der Waals surface area contributed by atoms with E-state index in [0.29, 0.717) is 0 Å². The Morgan fingerprint density at radius 1 is 1.15 bits per heavy atom. The number of nitrogens with one attached hydrogen (secondary N) is 1. The van der Waals surface area contributed by atoms with Gasteiger partial charge in [0.05, 0.1) is 0 Å². The van der Waals surface area contributed by atoms with Crippen LogP contribution in [0.2, 0.25) is 0 Å². The second-order valence-electron chi connectivity index (χ2n) is 3.88. The molecule has 1 aromatic rings. The molecule has 0 aromatic heterocycles. The van der Waals surface area contributed by atoms with Gasteiger partial charge in [-0.15, -0.1) is 0 Å². The summed E-state index contributed by atoms with van der Waals surface area (Å²) >= 11 is 0. The lowest BCUT2D eigenvalue weighted by Gasteiger charge is -2.21. The van der Waals surface area contributed by atoms with Gasteiger partial charge in [0.15, 0.2) is 0 Å². The number of benzene rings is 1. The maximum atomic E-state index is 5.63. The first-order valence-corrected chi connectivity index (χ1v) is 4.27. The van der Waals surface area contributed by atoms with E-state index in [2.05, 4.69) is 5.43 Å². The summed E-state index contributed by atoms with van der Waals surface area (Å²) in [4.78, 5) is 0. The molecule has 0 amide bonds. The SMILES string of the molecule is CC(C)(C)Oc1ccc(NN)cc1. The zero-order valence-corrected chi connectivity index (χ0v) is 8.29. The van der Waals surface area contributed by atoms with Crippen molar-refractivity contribution in [2.24, 2.45) is 5.84 Å². The molecule has 0 spiro atoms. The van der Waals surface area contributed by atoms with Crippen LogP contribution in [0.15, 0.2) is 24.3 Å². The van der Waals surface area contributed by atoms with Crippen LogP contribution in [0.25, 0.3) is 0 Å². The minimum Gasteiger partial charge on any atom is -0.488 e. The van der Waals surface area contributed by atoms with Crippen molar-refractivity contribution in [1.29, 1.82) is 0 Å². The van der Waals surface area contributed by atoms with Crippen LogP contribution in [0.4, 0.5) is 5.69 Å². The van der Waals surface area contributed by atoms with Gasteiger partial charge in [0, 0.05) is 5.69 Å². The van der Waals surface area contributed by atoms with Gasteiger partial charge in [-0.3, -0.25) is 5.84 Å². The Morgan fingerprint density at radius 3 is 2.08 bits per heavy atom. The summed E-state index contributed by atoms with van der Waals surface area (Å²) in [5.74, 6) is 6.09. The summed E-state index contributed by atoms with van der Waals surface area (Å²) in [6, 6.07) is 7.53. The summed E-state index contributed by atoms with van der Waals surface area (Å²) in [6.45, 7) is 6.05. The molecule has 0 atom stereocenters. The molecule has 0 aliphatic heterocycles. The van der Waals surface area contributed by atoms with Gasteiger partial charge in [0.25, 0.3) is 0 Å². The molecule has 0 aliphatic rings. The number of ether oxygens (including phenoxy) is 1. The molecule has 0 heterocycles. The summed E-state index contributed by atoms with van der Waals surface area (Å²) in [7, 11) is 0. The number of nitrogens with two attached hydrogens (primary N) is 1. The highest BCUT2D eigenvalue weighted by Crippen LogP contribution is 2.19. The van der Waals surface area contributed by atoms with Crippen LogP contribution in [0, 0.1) is 0 Å². The van der Waals surface area contributed by atoms with Crippen LogP contribution in [-0.4, -0.2) is 5.60 Å². The van der Waals surface area contributed by atoms with Gasteiger partial charge >= 0.3 is 0 Å².